The summed E-state index contributed by atoms with van der Waals surface area (Å²) in [7, 11) is 2.09. The Morgan fingerprint density at radius 2 is 1.95 bits per heavy atom. The zero-order chi connectivity index (χ0) is 14.8. The van der Waals surface area contributed by atoms with Gasteiger partial charge < -0.3 is 20.2 Å². The van der Waals surface area contributed by atoms with E-state index in [1.54, 1.807) is 11.8 Å². The number of carbonyl (C=O) groups is 2. The third-order valence-corrected chi connectivity index (χ3v) is 4.83. The monoisotopic (exact) mass is 283 g/mol. The predicted molar refractivity (Wildman–Crippen MR) is 75.6 cm³/mol. The van der Waals surface area contributed by atoms with E-state index in [1.165, 1.54) is 6.42 Å². The van der Waals surface area contributed by atoms with Gasteiger partial charge in [-0.25, -0.2) is 4.79 Å². The van der Waals surface area contributed by atoms with Crippen LogP contribution in [0.1, 0.15) is 32.6 Å². The Balaban J connectivity index is 1.76. The third kappa shape index (κ3) is 3.23. The van der Waals surface area contributed by atoms with Crippen molar-refractivity contribution in [2.24, 2.45) is 5.41 Å². The zero-order valence-electron chi connectivity index (χ0n) is 12.4. The molecule has 2 saturated heterocycles. The number of aliphatic carboxylic acids is 1. The van der Waals surface area contributed by atoms with Crippen LogP contribution in [0.15, 0.2) is 0 Å². The summed E-state index contributed by atoms with van der Waals surface area (Å²) in [6, 6.07) is 0.380. The van der Waals surface area contributed by atoms with E-state index in [4.69, 9.17) is 0 Å². The van der Waals surface area contributed by atoms with Crippen LogP contribution in [0.5, 0.6) is 0 Å². The van der Waals surface area contributed by atoms with Crippen LogP contribution in [0.2, 0.25) is 0 Å². The Kier molecular flexibility index (Phi) is 4.52. The molecule has 0 bridgehead atoms. The molecule has 20 heavy (non-hydrogen) atoms. The van der Waals surface area contributed by atoms with Crippen LogP contribution in [-0.2, 0) is 4.79 Å². The van der Waals surface area contributed by atoms with Gasteiger partial charge >= 0.3 is 12.0 Å². The molecule has 2 rings (SSSR count). The minimum Gasteiger partial charge on any atom is -0.481 e. The van der Waals surface area contributed by atoms with Gasteiger partial charge in [-0.05, 0) is 46.2 Å². The average Bonchev–Trinajstić information content (AvgIpc) is 2.82. The van der Waals surface area contributed by atoms with Gasteiger partial charge in [-0.1, -0.05) is 0 Å². The van der Waals surface area contributed by atoms with Crippen molar-refractivity contribution in [1.82, 2.24) is 15.1 Å². The lowest BCUT2D eigenvalue weighted by atomic mass is 9.80. The smallest absolute Gasteiger partial charge is 0.317 e. The van der Waals surface area contributed by atoms with Crippen LogP contribution in [0.4, 0.5) is 4.79 Å². The minimum atomic E-state index is -0.759. The fourth-order valence-corrected chi connectivity index (χ4v) is 2.97. The predicted octanol–water partition coefficient (Wildman–Crippen LogP) is 0.977. The van der Waals surface area contributed by atoms with Gasteiger partial charge in [-0.15, -0.1) is 0 Å². The maximum Gasteiger partial charge on any atom is 0.317 e. The van der Waals surface area contributed by atoms with Gasteiger partial charge in [0.15, 0.2) is 0 Å². The summed E-state index contributed by atoms with van der Waals surface area (Å²) in [5.74, 6) is -0.759. The number of likely N-dealkylation sites (N-methyl/N-ethyl adjacent to an activating group) is 1. The average molecular weight is 283 g/mol. The summed E-state index contributed by atoms with van der Waals surface area (Å²) in [4.78, 5) is 27.3. The maximum absolute atomic E-state index is 12.1. The second-order valence-corrected chi connectivity index (χ2v) is 6.32. The molecule has 2 aliphatic rings. The molecule has 0 saturated carbocycles. The van der Waals surface area contributed by atoms with Crippen LogP contribution in [0.25, 0.3) is 0 Å². The molecule has 2 N–H and O–H groups in total. The summed E-state index contributed by atoms with van der Waals surface area (Å²) in [5.41, 5.74) is -0.678. The Bertz CT molecular complexity index is 378. The Labute approximate surface area is 120 Å². The number of carboxylic acids is 1. The Morgan fingerprint density at radius 1 is 1.30 bits per heavy atom. The lowest BCUT2D eigenvalue weighted by Crippen LogP contribution is -2.50. The summed E-state index contributed by atoms with van der Waals surface area (Å²) in [6.07, 6.45) is 3.38. The van der Waals surface area contributed by atoms with Gasteiger partial charge in [-0.2, -0.15) is 0 Å². The highest BCUT2D eigenvalue weighted by Crippen LogP contribution is 2.30. The van der Waals surface area contributed by atoms with E-state index in [0.29, 0.717) is 38.5 Å². The second-order valence-electron chi connectivity index (χ2n) is 6.32. The van der Waals surface area contributed by atoms with E-state index < -0.39 is 11.4 Å². The zero-order valence-corrected chi connectivity index (χ0v) is 12.4. The number of urea groups is 1. The Morgan fingerprint density at radius 3 is 2.45 bits per heavy atom. The summed E-state index contributed by atoms with van der Waals surface area (Å²) >= 11 is 0. The van der Waals surface area contributed by atoms with Crippen molar-refractivity contribution in [3.8, 4) is 0 Å². The highest BCUT2D eigenvalue weighted by molar-refractivity contribution is 5.77. The van der Waals surface area contributed by atoms with Crippen LogP contribution in [-0.4, -0.2) is 66.2 Å². The van der Waals surface area contributed by atoms with Gasteiger partial charge in [0.1, 0.15) is 0 Å². The van der Waals surface area contributed by atoms with Gasteiger partial charge in [0.05, 0.1) is 5.41 Å². The van der Waals surface area contributed by atoms with E-state index >= 15 is 0 Å². The molecule has 2 amide bonds. The summed E-state index contributed by atoms with van der Waals surface area (Å²) in [5, 5.41) is 12.2. The van der Waals surface area contributed by atoms with E-state index in [9.17, 15) is 14.7 Å². The van der Waals surface area contributed by atoms with Crippen LogP contribution >= 0.6 is 0 Å². The first-order chi connectivity index (χ1) is 9.42. The van der Waals surface area contributed by atoms with Crippen molar-refractivity contribution < 1.29 is 14.7 Å². The lowest BCUT2D eigenvalue weighted by molar-refractivity contribution is -0.150. The quantitative estimate of drug-likeness (QED) is 0.810. The number of hydrogen-bond donors (Lipinski definition) is 2. The number of hydrogen-bond acceptors (Lipinski definition) is 3. The van der Waals surface area contributed by atoms with Crippen molar-refractivity contribution in [2.75, 3.05) is 33.2 Å². The molecule has 0 aromatic carbocycles. The van der Waals surface area contributed by atoms with E-state index in [2.05, 4.69) is 17.3 Å². The highest BCUT2D eigenvalue weighted by atomic mass is 16.4. The van der Waals surface area contributed by atoms with E-state index in [0.717, 1.165) is 13.0 Å². The van der Waals surface area contributed by atoms with E-state index in [1.807, 2.05) is 0 Å². The largest absolute Gasteiger partial charge is 0.481 e. The number of carbonyl (C=O) groups excluding carboxylic acids is 1. The molecule has 2 fully saturated rings. The molecular formula is C14H25N3O3. The molecule has 0 aromatic rings. The molecular weight excluding hydrogens is 258 g/mol. The normalized spacial score (nSPS) is 26.5. The van der Waals surface area contributed by atoms with Crippen molar-refractivity contribution >= 4 is 12.0 Å². The number of nitrogens with zero attached hydrogens (tertiary/aromatic N) is 2. The second kappa shape index (κ2) is 5.99. The molecule has 2 heterocycles. The first-order valence-corrected chi connectivity index (χ1v) is 7.39. The molecule has 0 spiro atoms. The number of piperidine rings is 1. The standard InChI is InChI=1S/C14H25N3O3/c1-14(12(18)19)5-8-17(9-6-14)13(20)15-10-11-4-3-7-16(11)2/h11H,3-10H2,1-2H3,(H,15,20)(H,18,19). The molecule has 6 nitrogen and oxygen atoms in total. The molecule has 1 unspecified atom stereocenters. The molecule has 0 aromatic heterocycles. The van der Waals surface area contributed by atoms with Gasteiger partial charge in [0.25, 0.3) is 0 Å². The van der Waals surface area contributed by atoms with Crippen LogP contribution in [0, 0.1) is 5.41 Å². The van der Waals surface area contributed by atoms with Crippen molar-refractivity contribution in [3.05, 3.63) is 0 Å². The number of likely N-dealkylation sites (tertiary alicyclic amines) is 2. The fraction of sp³-hybridized carbons (Fsp3) is 0.857. The molecule has 2 aliphatic heterocycles. The highest BCUT2D eigenvalue weighted by Gasteiger charge is 2.38. The first-order valence-electron chi connectivity index (χ1n) is 7.39. The molecule has 0 aliphatic carbocycles. The topological polar surface area (TPSA) is 72.9 Å². The first kappa shape index (κ1) is 15.1. The van der Waals surface area contributed by atoms with Crippen LogP contribution in [0.3, 0.4) is 0 Å². The van der Waals surface area contributed by atoms with Crippen molar-refractivity contribution in [2.45, 2.75) is 38.6 Å². The van der Waals surface area contributed by atoms with E-state index in [-0.39, 0.29) is 6.03 Å². The molecule has 114 valence electrons. The number of rotatable bonds is 3. The lowest BCUT2D eigenvalue weighted by Gasteiger charge is -2.36. The maximum atomic E-state index is 12.1. The molecule has 6 heteroatoms. The van der Waals surface area contributed by atoms with Crippen LogP contribution < -0.4 is 5.32 Å². The summed E-state index contributed by atoms with van der Waals surface area (Å²) in [6.45, 7) is 4.59. The van der Waals surface area contributed by atoms with Gasteiger partial charge in [0.2, 0.25) is 0 Å². The molecule has 0 radical (unpaired) electrons. The van der Waals surface area contributed by atoms with Gasteiger partial charge in [-0.3, -0.25) is 4.79 Å². The van der Waals surface area contributed by atoms with Crippen molar-refractivity contribution in [1.29, 1.82) is 0 Å². The SMILES string of the molecule is CN1CCCC1CNC(=O)N1CCC(C)(C(=O)O)CC1. The van der Waals surface area contributed by atoms with Gasteiger partial charge in [0, 0.05) is 25.7 Å². The minimum absolute atomic E-state index is 0.0576. The third-order valence-electron chi connectivity index (χ3n) is 4.83. The number of carboxylic acid groups (broad SMARTS) is 1. The number of amides is 2. The van der Waals surface area contributed by atoms with Crippen molar-refractivity contribution in [3.63, 3.8) is 0 Å². The molecule has 1 atom stereocenters. The fourth-order valence-electron chi connectivity index (χ4n) is 2.97. The number of nitrogens with one attached hydrogen (secondary N) is 1. The Hall–Kier alpha value is -1.30. The summed E-state index contributed by atoms with van der Waals surface area (Å²) < 4.78 is 0.